The average molecular weight is 319 g/mol. The fourth-order valence-corrected chi connectivity index (χ4v) is 2.62. The molecule has 3 N–H and O–H groups in total. The highest BCUT2D eigenvalue weighted by Gasteiger charge is 2.20. The third-order valence-corrected chi connectivity index (χ3v) is 3.94. The van der Waals surface area contributed by atoms with E-state index < -0.39 is 6.10 Å². The zero-order valence-corrected chi connectivity index (χ0v) is 14.2. The number of hydrogen-bond acceptors (Lipinski definition) is 3. The minimum atomic E-state index is -0.607. The summed E-state index contributed by atoms with van der Waals surface area (Å²) >= 11 is 0. The van der Waals surface area contributed by atoms with Crippen LogP contribution in [0.2, 0.25) is 0 Å². The normalized spacial score (nSPS) is 14.7. The summed E-state index contributed by atoms with van der Waals surface area (Å²) in [6, 6.07) is 6.12. The van der Waals surface area contributed by atoms with Crippen LogP contribution in [0, 0.1) is 5.82 Å². The SMILES string of the molecule is CC(CC(O)c1ccc(F)cc1)NCc1cn[nH]c1C(C)(C)C. The summed E-state index contributed by atoms with van der Waals surface area (Å²) in [5, 5.41) is 20.9. The Morgan fingerprint density at radius 2 is 1.91 bits per heavy atom. The summed E-state index contributed by atoms with van der Waals surface area (Å²) in [5.74, 6) is -0.290. The van der Waals surface area contributed by atoms with Crippen LogP contribution in [-0.4, -0.2) is 21.3 Å². The number of halogens is 1. The highest BCUT2D eigenvalue weighted by atomic mass is 19.1. The molecule has 2 unspecified atom stereocenters. The summed E-state index contributed by atoms with van der Waals surface area (Å²) in [7, 11) is 0. The van der Waals surface area contributed by atoms with Gasteiger partial charge < -0.3 is 10.4 Å². The van der Waals surface area contributed by atoms with E-state index in [2.05, 4.69) is 36.3 Å². The first-order chi connectivity index (χ1) is 10.8. The number of aliphatic hydroxyl groups excluding tert-OH is 1. The maximum absolute atomic E-state index is 12.9. The van der Waals surface area contributed by atoms with Crippen LogP contribution in [-0.2, 0) is 12.0 Å². The lowest BCUT2D eigenvalue weighted by atomic mass is 9.89. The van der Waals surface area contributed by atoms with E-state index in [1.54, 1.807) is 12.1 Å². The van der Waals surface area contributed by atoms with Gasteiger partial charge in [0.2, 0.25) is 0 Å². The third kappa shape index (κ3) is 4.88. The number of nitrogens with zero attached hydrogens (tertiary/aromatic N) is 1. The molecule has 126 valence electrons. The molecule has 5 heteroatoms. The van der Waals surface area contributed by atoms with E-state index in [1.807, 2.05) is 13.1 Å². The molecule has 1 aromatic carbocycles. The van der Waals surface area contributed by atoms with Gasteiger partial charge in [0.25, 0.3) is 0 Å². The third-order valence-electron chi connectivity index (χ3n) is 3.94. The predicted octanol–water partition coefficient (Wildman–Crippen LogP) is 3.45. The number of benzene rings is 1. The van der Waals surface area contributed by atoms with Crippen molar-refractivity contribution in [1.29, 1.82) is 0 Å². The van der Waals surface area contributed by atoms with E-state index in [1.165, 1.54) is 12.1 Å². The van der Waals surface area contributed by atoms with Crippen LogP contribution in [0.15, 0.2) is 30.5 Å². The lowest BCUT2D eigenvalue weighted by molar-refractivity contribution is 0.153. The number of nitrogens with one attached hydrogen (secondary N) is 2. The second-order valence-electron chi connectivity index (χ2n) is 7.11. The number of aromatic amines is 1. The number of H-pyrrole nitrogens is 1. The lowest BCUT2D eigenvalue weighted by Crippen LogP contribution is -2.28. The maximum Gasteiger partial charge on any atom is 0.123 e. The van der Waals surface area contributed by atoms with Gasteiger partial charge in [0, 0.05) is 29.3 Å². The van der Waals surface area contributed by atoms with Crippen molar-refractivity contribution in [3.05, 3.63) is 53.1 Å². The minimum absolute atomic E-state index is 0.0182. The van der Waals surface area contributed by atoms with Crippen molar-refractivity contribution in [2.45, 2.75) is 58.2 Å². The molecule has 0 fully saturated rings. The fraction of sp³-hybridized carbons (Fsp3) is 0.500. The Bertz CT molecular complexity index is 616. The van der Waals surface area contributed by atoms with Gasteiger partial charge in [0.05, 0.1) is 12.3 Å². The van der Waals surface area contributed by atoms with E-state index in [4.69, 9.17) is 0 Å². The van der Waals surface area contributed by atoms with Crippen LogP contribution in [0.25, 0.3) is 0 Å². The number of aliphatic hydroxyl groups is 1. The van der Waals surface area contributed by atoms with Gasteiger partial charge in [-0.2, -0.15) is 5.10 Å². The highest BCUT2D eigenvalue weighted by Crippen LogP contribution is 2.24. The monoisotopic (exact) mass is 319 g/mol. The highest BCUT2D eigenvalue weighted by molar-refractivity contribution is 5.23. The van der Waals surface area contributed by atoms with Crippen LogP contribution in [0.1, 0.15) is 57.0 Å². The van der Waals surface area contributed by atoms with E-state index in [0.717, 1.165) is 16.8 Å². The van der Waals surface area contributed by atoms with Crippen molar-refractivity contribution in [3.8, 4) is 0 Å². The zero-order valence-electron chi connectivity index (χ0n) is 14.2. The smallest absolute Gasteiger partial charge is 0.123 e. The molecule has 0 saturated heterocycles. The summed E-state index contributed by atoms with van der Waals surface area (Å²) in [5.41, 5.74) is 3.01. The molecule has 1 aromatic heterocycles. The first kappa shape index (κ1) is 17.6. The number of hydrogen-bond donors (Lipinski definition) is 3. The molecule has 2 rings (SSSR count). The minimum Gasteiger partial charge on any atom is -0.388 e. The van der Waals surface area contributed by atoms with Gasteiger partial charge in [0.15, 0.2) is 0 Å². The molecule has 0 amide bonds. The Hall–Kier alpha value is -1.72. The molecule has 2 atom stereocenters. The molecule has 0 aliphatic rings. The van der Waals surface area contributed by atoms with Gasteiger partial charge >= 0.3 is 0 Å². The fourth-order valence-electron chi connectivity index (χ4n) is 2.62. The van der Waals surface area contributed by atoms with E-state index in [9.17, 15) is 9.50 Å². The molecular formula is C18H26FN3O. The van der Waals surface area contributed by atoms with E-state index in [-0.39, 0.29) is 17.3 Å². The molecule has 0 spiro atoms. The Morgan fingerprint density at radius 3 is 2.52 bits per heavy atom. The van der Waals surface area contributed by atoms with Crippen molar-refractivity contribution < 1.29 is 9.50 Å². The molecule has 0 radical (unpaired) electrons. The van der Waals surface area contributed by atoms with Crippen molar-refractivity contribution in [1.82, 2.24) is 15.5 Å². The molecule has 0 bridgehead atoms. The molecule has 4 nitrogen and oxygen atoms in total. The van der Waals surface area contributed by atoms with Gasteiger partial charge in [-0.1, -0.05) is 32.9 Å². The van der Waals surface area contributed by atoms with Gasteiger partial charge in [-0.05, 0) is 31.0 Å². The zero-order chi connectivity index (χ0) is 17.0. The topological polar surface area (TPSA) is 60.9 Å². The summed E-state index contributed by atoms with van der Waals surface area (Å²) in [6.07, 6.45) is 1.80. The standard InChI is InChI=1S/C18H26FN3O/c1-12(9-16(23)13-5-7-15(19)8-6-13)20-10-14-11-21-22-17(14)18(2,3)4/h5-8,11-12,16,20,23H,9-10H2,1-4H3,(H,21,22). The van der Waals surface area contributed by atoms with E-state index in [0.29, 0.717) is 13.0 Å². The van der Waals surface area contributed by atoms with Crippen LogP contribution in [0.3, 0.4) is 0 Å². The molecule has 0 saturated carbocycles. The number of rotatable bonds is 6. The Labute approximate surface area is 137 Å². The summed E-state index contributed by atoms with van der Waals surface area (Å²) in [4.78, 5) is 0. The van der Waals surface area contributed by atoms with Gasteiger partial charge in [-0.25, -0.2) is 4.39 Å². The second-order valence-corrected chi connectivity index (χ2v) is 7.11. The molecule has 0 aliphatic heterocycles. The summed E-state index contributed by atoms with van der Waals surface area (Å²) < 4.78 is 12.9. The quantitative estimate of drug-likeness (QED) is 0.764. The van der Waals surface area contributed by atoms with Crippen LogP contribution in [0.4, 0.5) is 4.39 Å². The Balaban J connectivity index is 1.89. The van der Waals surface area contributed by atoms with Gasteiger partial charge in [0.1, 0.15) is 5.82 Å². The molecule has 0 aliphatic carbocycles. The molecule has 2 aromatic rings. The van der Waals surface area contributed by atoms with Gasteiger partial charge in [-0.3, -0.25) is 5.10 Å². The molecule has 23 heavy (non-hydrogen) atoms. The average Bonchev–Trinajstić information content (AvgIpc) is 2.94. The van der Waals surface area contributed by atoms with Crippen molar-refractivity contribution in [2.24, 2.45) is 0 Å². The van der Waals surface area contributed by atoms with E-state index >= 15 is 0 Å². The first-order valence-corrected chi connectivity index (χ1v) is 7.97. The molecular weight excluding hydrogens is 293 g/mol. The first-order valence-electron chi connectivity index (χ1n) is 7.97. The predicted molar refractivity (Wildman–Crippen MR) is 89.6 cm³/mol. The van der Waals surface area contributed by atoms with Crippen LogP contribution < -0.4 is 5.32 Å². The van der Waals surface area contributed by atoms with Crippen LogP contribution in [0.5, 0.6) is 0 Å². The largest absolute Gasteiger partial charge is 0.388 e. The number of aromatic nitrogens is 2. The Morgan fingerprint density at radius 1 is 1.26 bits per heavy atom. The van der Waals surface area contributed by atoms with Crippen molar-refractivity contribution >= 4 is 0 Å². The van der Waals surface area contributed by atoms with Crippen molar-refractivity contribution in [2.75, 3.05) is 0 Å². The lowest BCUT2D eigenvalue weighted by Gasteiger charge is -2.21. The van der Waals surface area contributed by atoms with Gasteiger partial charge in [-0.15, -0.1) is 0 Å². The molecule has 1 heterocycles. The van der Waals surface area contributed by atoms with Crippen molar-refractivity contribution in [3.63, 3.8) is 0 Å². The Kier molecular flexibility index (Phi) is 5.55. The second kappa shape index (κ2) is 7.23. The maximum atomic E-state index is 12.9. The van der Waals surface area contributed by atoms with Crippen LogP contribution >= 0.6 is 0 Å². The summed E-state index contributed by atoms with van der Waals surface area (Å²) in [6.45, 7) is 9.16.